The average molecular weight is 335 g/mol. The number of carboxylic acid groups (broad SMARTS) is 1. The molecule has 0 spiro atoms. The first-order valence-corrected chi connectivity index (χ1v) is 6.54. The minimum absolute atomic E-state index is 0.0137. The minimum Gasteiger partial charge on any atom is -0.497 e. The smallest absolute Gasteiger partial charge is 0.336 e. The Morgan fingerprint density at radius 3 is 2.25 bits per heavy atom. The number of ketones is 1. The van der Waals surface area contributed by atoms with E-state index in [9.17, 15) is 9.59 Å². The Bertz CT molecular complexity index is 679. The van der Waals surface area contributed by atoms with Gasteiger partial charge in [0, 0.05) is 15.6 Å². The van der Waals surface area contributed by atoms with E-state index in [1.165, 1.54) is 19.2 Å². The molecule has 5 heteroatoms. The number of rotatable bonds is 4. The number of carbonyl (C=O) groups is 2. The van der Waals surface area contributed by atoms with E-state index in [2.05, 4.69) is 15.9 Å². The molecule has 20 heavy (non-hydrogen) atoms. The van der Waals surface area contributed by atoms with E-state index in [0.717, 1.165) is 0 Å². The van der Waals surface area contributed by atoms with E-state index in [0.29, 0.717) is 15.8 Å². The molecule has 2 aromatic carbocycles. The average Bonchev–Trinajstić information content (AvgIpc) is 2.46. The molecule has 2 rings (SSSR count). The van der Waals surface area contributed by atoms with Crippen molar-refractivity contribution in [1.29, 1.82) is 0 Å². The Morgan fingerprint density at radius 1 is 1.05 bits per heavy atom. The first-order chi connectivity index (χ1) is 9.54. The third kappa shape index (κ3) is 2.72. The molecule has 0 radical (unpaired) electrons. The second-order valence-electron chi connectivity index (χ2n) is 4.03. The molecule has 0 saturated heterocycles. The zero-order valence-corrected chi connectivity index (χ0v) is 12.2. The summed E-state index contributed by atoms with van der Waals surface area (Å²) < 4.78 is 5.62. The molecule has 0 bridgehead atoms. The van der Waals surface area contributed by atoms with Gasteiger partial charge in [-0.15, -0.1) is 0 Å². The van der Waals surface area contributed by atoms with Crippen LogP contribution in [-0.2, 0) is 0 Å². The number of halogens is 1. The number of carbonyl (C=O) groups excluding carboxylic acids is 1. The fourth-order valence-corrected chi connectivity index (χ4v) is 2.36. The second-order valence-corrected chi connectivity index (χ2v) is 4.88. The molecule has 0 unspecified atom stereocenters. The van der Waals surface area contributed by atoms with Gasteiger partial charge >= 0.3 is 5.97 Å². The van der Waals surface area contributed by atoms with E-state index in [1.807, 2.05) is 0 Å². The lowest BCUT2D eigenvalue weighted by molar-refractivity contribution is 0.0693. The number of benzene rings is 2. The number of carboxylic acids is 1. The van der Waals surface area contributed by atoms with Gasteiger partial charge in [-0.05, 0) is 40.2 Å². The van der Waals surface area contributed by atoms with Crippen LogP contribution in [0.15, 0.2) is 46.9 Å². The molecule has 0 fully saturated rings. The Labute approximate surface area is 124 Å². The lowest BCUT2D eigenvalue weighted by atomic mass is 9.98. The van der Waals surface area contributed by atoms with Crippen molar-refractivity contribution in [3.8, 4) is 5.75 Å². The van der Waals surface area contributed by atoms with Gasteiger partial charge in [-0.25, -0.2) is 4.79 Å². The number of aromatic carboxylic acids is 1. The van der Waals surface area contributed by atoms with E-state index in [1.54, 1.807) is 30.3 Å². The molecule has 0 aliphatic rings. The van der Waals surface area contributed by atoms with Crippen LogP contribution in [0.1, 0.15) is 26.3 Å². The topological polar surface area (TPSA) is 63.6 Å². The maximum absolute atomic E-state index is 12.5. The minimum atomic E-state index is -1.13. The van der Waals surface area contributed by atoms with Crippen LogP contribution in [0.4, 0.5) is 0 Å². The molecule has 4 nitrogen and oxygen atoms in total. The lowest BCUT2D eigenvalue weighted by Crippen LogP contribution is -2.10. The number of methoxy groups -OCH3 is 1. The molecule has 2 aromatic rings. The Kier molecular flexibility index (Phi) is 4.20. The molecule has 0 heterocycles. The Morgan fingerprint density at radius 2 is 1.70 bits per heavy atom. The van der Waals surface area contributed by atoms with E-state index < -0.39 is 5.97 Å². The fourth-order valence-electron chi connectivity index (χ4n) is 1.82. The van der Waals surface area contributed by atoms with Gasteiger partial charge in [0.1, 0.15) is 5.75 Å². The summed E-state index contributed by atoms with van der Waals surface area (Å²) in [4.78, 5) is 23.6. The molecule has 0 amide bonds. The van der Waals surface area contributed by atoms with Crippen LogP contribution in [0.3, 0.4) is 0 Å². The van der Waals surface area contributed by atoms with Crippen molar-refractivity contribution in [3.63, 3.8) is 0 Å². The van der Waals surface area contributed by atoms with Crippen LogP contribution in [0.25, 0.3) is 0 Å². The van der Waals surface area contributed by atoms with Crippen molar-refractivity contribution in [2.45, 2.75) is 0 Å². The highest BCUT2D eigenvalue weighted by atomic mass is 79.9. The summed E-state index contributed by atoms with van der Waals surface area (Å²) >= 11 is 3.30. The maximum Gasteiger partial charge on any atom is 0.336 e. The van der Waals surface area contributed by atoms with Crippen molar-refractivity contribution in [3.05, 3.63) is 63.6 Å². The van der Waals surface area contributed by atoms with Crippen molar-refractivity contribution in [1.82, 2.24) is 0 Å². The molecule has 0 atom stereocenters. The summed E-state index contributed by atoms with van der Waals surface area (Å²) in [5, 5.41) is 9.13. The van der Waals surface area contributed by atoms with Crippen LogP contribution >= 0.6 is 15.9 Å². The summed E-state index contributed by atoms with van der Waals surface area (Å²) in [6, 6.07) is 11.1. The lowest BCUT2D eigenvalue weighted by Gasteiger charge is -2.08. The predicted octanol–water partition coefficient (Wildman–Crippen LogP) is 3.39. The first kappa shape index (κ1) is 14.3. The first-order valence-electron chi connectivity index (χ1n) is 5.75. The monoisotopic (exact) mass is 334 g/mol. The summed E-state index contributed by atoms with van der Waals surface area (Å²) in [5.74, 6) is -0.865. The van der Waals surface area contributed by atoms with Gasteiger partial charge in [0.15, 0.2) is 5.78 Å². The van der Waals surface area contributed by atoms with Crippen LogP contribution in [0, 0.1) is 0 Å². The van der Waals surface area contributed by atoms with E-state index in [4.69, 9.17) is 9.84 Å². The number of ether oxygens (including phenoxy) is 1. The van der Waals surface area contributed by atoms with Crippen LogP contribution in [-0.4, -0.2) is 24.0 Å². The Balaban J connectivity index is 2.49. The van der Waals surface area contributed by atoms with Gasteiger partial charge in [-0.2, -0.15) is 0 Å². The molecule has 0 saturated carbocycles. The summed E-state index contributed by atoms with van der Waals surface area (Å²) in [7, 11) is 1.53. The highest BCUT2D eigenvalue weighted by Crippen LogP contribution is 2.26. The van der Waals surface area contributed by atoms with Crippen molar-refractivity contribution < 1.29 is 19.4 Å². The summed E-state index contributed by atoms with van der Waals surface area (Å²) in [6.45, 7) is 0. The summed E-state index contributed by atoms with van der Waals surface area (Å²) in [5.41, 5.74) is 0.533. The quantitative estimate of drug-likeness (QED) is 0.870. The molecule has 0 aliphatic heterocycles. The molecular formula is C15H11BrO4. The highest BCUT2D eigenvalue weighted by molar-refractivity contribution is 9.10. The molecule has 102 valence electrons. The van der Waals surface area contributed by atoms with Crippen molar-refractivity contribution >= 4 is 27.7 Å². The number of hydrogen-bond donors (Lipinski definition) is 1. The largest absolute Gasteiger partial charge is 0.497 e. The summed E-state index contributed by atoms with van der Waals surface area (Å²) in [6.07, 6.45) is 0. The highest BCUT2D eigenvalue weighted by Gasteiger charge is 2.19. The standard InChI is InChI=1S/C15H11BrO4/c1-20-9-6-7-12(13(16)8-9)14(17)10-4-2-3-5-11(10)15(18)19/h2-8H,1H3,(H,18,19). The van der Waals surface area contributed by atoms with Gasteiger partial charge in [0.2, 0.25) is 0 Å². The molecule has 0 aliphatic carbocycles. The zero-order chi connectivity index (χ0) is 14.7. The van der Waals surface area contributed by atoms with E-state index >= 15 is 0 Å². The van der Waals surface area contributed by atoms with Gasteiger partial charge < -0.3 is 9.84 Å². The van der Waals surface area contributed by atoms with Crippen LogP contribution in [0.2, 0.25) is 0 Å². The second kappa shape index (κ2) is 5.88. The third-order valence-electron chi connectivity index (χ3n) is 2.82. The SMILES string of the molecule is COc1ccc(C(=O)c2ccccc2C(=O)O)c(Br)c1. The molecule has 1 N–H and O–H groups in total. The Hall–Kier alpha value is -2.14. The third-order valence-corrected chi connectivity index (χ3v) is 3.48. The zero-order valence-electron chi connectivity index (χ0n) is 10.6. The van der Waals surface area contributed by atoms with Gasteiger partial charge in [0.05, 0.1) is 12.7 Å². The van der Waals surface area contributed by atoms with Crippen LogP contribution < -0.4 is 4.74 Å². The normalized spacial score (nSPS) is 10.1. The van der Waals surface area contributed by atoms with Gasteiger partial charge in [-0.3, -0.25) is 4.79 Å². The van der Waals surface area contributed by atoms with Crippen molar-refractivity contribution in [2.24, 2.45) is 0 Å². The van der Waals surface area contributed by atoms with E-state index in [-0.39, 0.29) is 16.9 Å². The van der Waals surface area contributed by atoms with Gasteiger partial charge in [0.25, 0.3) is 0 Å². The van der Waals surface area contributed by atoms with Crippen molar-refractivity contribution in [2.75, 3.05) is 7.11 Å². The molecular weight excluding hydrogens is 324 g/mol. The number of hydrogen-bond acceptors (Lipinski definition) is 3. The molecule has 0 aromatic heterocycles. The predicted molar refractivity (Wildman–Crippen MR) is 77.5 cm³/mol. The maximum atomic E-state index is 12.5. The fraction of sp³-hybridized carbons (Fsp3) is 0.0667. The van der Waals surface area contributed by atoms with Gasteiger partial charge in [-0.1, -0.05) is 18.2 Å². The van der Waals surface area contributed by atoms with Crippen LogP contribution in [0.5, 0.6) is 5.75 Å².